The summed E-state index contributed by atoms with van der Waals surface area (Å²) in [5.74, 6) is 1.95. The number of fused-ring (bicyclic) bond motifs is 6. The van der Waals surface area contributed by atoms with E-state index in [0.717, 1.165) is 71.3 Å². The van der Waals surface area contributed by atoms with Crippen LogP contribution in [0, 0.1) is 0 Å². The summed E-state index contributed by atoms with van der Waals surface area (Å²) in [5.41, 5.74) is 6.89. The largest absolute Gasteiger partial charge is 0.455 e. The molecule has 5 heteroatoms. The summed E-state index contributed by atoms with van der Waals surface area (Å²) in [4.78, 5) is 18.9. The van der Waals surface area contributed by atoms with Crippen molar-refractivity contribution in [2.45, 2.75) is 0 Å². The van der Waals surface area contributed by atoms with Crippen molar-refractivity contribution in [1.82, 2.24) is 19.9 Å². The number of hydrogen-bond donors (Lipinski definition) is 0. The summed E-state index contributed by atoms with van der Waals surface area (Å²) in [6, 6.07) is 45.7. The molecular weight excluding hydrogens is 552 g/mol. The molecule has 210 valence electrons. The number of nitrogens with zero attached hydrogens (tertiary/aromatic N) is 4. The van der Waals surface area contributed by atoms with Gasteiger partial charge in [0.15, 0.2) is 17.5 Å². The van der Waals surface area contributed by atoms with Crippen LogP contribution in [0.1, 0.15) is 0 Å². The minimum absolute atomic E-state index is 0.644. The highest BCUT2D eigenvalue weighted by Crippen LogP contribution is 2.40. The van der Waals surface area contributed by atoms with Gasteiger partial charge in [0.05, 0.1) is 0 Å². The number of pyridine rings is 1. The second kappa shape index (κ2) is 10.2. The fourth-order valence-electron chi connectivity index (χ4n) is 6.18. The molecule has 6 aromatic carbocycles. The van der Waals surface area contributed by atoms with Crippen LogP contribution in [-0.2, 0) is 0 Å². The molecule has 45 heavy (non-hydrogen) atoms. The van der Waals surface area contributed by atoms with E-state index in [1.807, 2.05) is 85.2 Å². The van der Waals surface area contributed by atoms with E-state index in [9.17, 15) is 0 Å². The first kappa shape index (κ1) is 25.3. The number of rotatable bonds is 4. The molecule has 0 saturated heterocycles. The standard InChI is InChI=1S/C40H24N4O/c1-3-8-25(9-4-1)38-42-39(26-10-5-2-6-11-26)44-40(43-38)30-17-15-27-22-29(16-14-28(27)23-30)32-12-7-13-35-36(32)34-19-18-31-24-41-21-20-33(31)37(34)45-35/h1-24H. The van der Waals surface area contributed by atoms with Gasteiger partial charge in [-0.1, -0.05) is 103 Å². The lowest BCUT2D eigenvalue weighted by atomic mass is 9.96. The third kappa shape index (κ3) is 4.33. The first-order chi connectivity index (χ1) is 22.3. The monoisotopic (exact) mass is 576 g/mol. The van der Waals surface area contributed by atoms with Crippen molar-refractivity contribution < 1.29 is 4.42 Å². The fourth-order valence-corrected chi connectivity index (χ4v) is 6.18. The van der Waals surface area contributed by atoms with Crippen LogP contribution >= 0.6 is 0 Å². The number of aromatic nitrogens is 4. The van der Waals surface area contributed by atoms with E-state index in [1.54, 1.807) is 0 Å². The van der Waals surface area contributed by atoms with Crippen LogP contribution in [0.15, 0.2) is 150 Å². The van der Waals surface area contributed by atoms with Gasteiger partial charge in [0.25, 0.3) is 0 Å². The van der Waals surface area contributed by atoms with Crippen molar-refractivity contribution in [3.63, 3.8) is 0 Å². The first-order valence-corrected chi connectivity index (χ1v) is 14.9. The van der Waals surface area contributed by atoms with Gasteiger partial charge in [-0.3, -0.25) is 4.98 Å². The summed E-state index contributed by atoms with van der Waals surface area (Å²) in [6.45, 7) is 0. The highest BCUT2D eigenvalue weighted by Gasteiger charge is 2.16. The molecule has 0 spiro atoms. The first-order valence-electron chi connectivity index (χ1n) is 14.9. The van der Waals surface area contributed by atoms with Crippen LogP contribution in [-0.4, -0.2) is 19.9 Å². The van der Waals surface area contributed by atoms with E-state index in [1.165, 1.54) is 0 Å². The highest BCUT2D eigenvalue weighted by molar-refractivity contribution is 6.19. The molecule has 0 radical (unpaired) electrons. The van der Waals surface area contributed by atoms with Gasteiger partial charge in [-0.15, -0.1) is 0 Å². The average Bonchev–Trinajstić information content (AvgIpc) is 3.51. The van der Waals surface area contributed by atoms with Crippen LogP contribution in [0.5, 0.6) is 0 Å². The summed E-state index contributed by atoms with van der Waals surface area (Å²) in [6.07, 6.45) is 3.69. The SMILES string of the molecule is c1ccc(-c2nc(-c3ccccc3)nc(-c3ccc4cc(-c5cccc6oc7c8ccncc8ccc7c56)ccc4c3)n2)cc1. The van der Waals surface area contributed by atoms with E-state index in [4.69, 9.17) is 19.4 Å². The molecule has 0 atom stereocenters. The van der Waals surface area contributed by atoms with Crippen molar-refractivity contribution in [3.8, 4) is 45.3 Å². The molecule has 0 N–H and O–H groups in total. The molecule has 0 aliphatic heterocycles. The van der Waals surface area contributed by atoms with Gasteiger partial charge in [-0.05, 0) is 52.2 Å². The van der Waals surface area contributed by atoms with Crippen molar-refractivity contribution >= 4 is 43.5 Å². The number of furan rings is 1. The zero-order chi connectivity index (χ0) is 29.7. The van der Waals surface area contributed by atoms with Crippen LogP contribution in [0.3, 0.4) is 0 Å². The Morgan fingerprint density at radius 2 is 1.07 bits per heavy atom. The Hall–Kier alpha value is -6.20. The smallest absolute Gasteiger partial charge is 0.164 e. The van der Waals surface area contributed by atoms with Gasteiger partial charge >= 0.3 is 0 Å². The van der Waals surface area contributed by atoms with Gasteiger partial charge in [-0.25, -0.2) is 15.0 Å². The Balaban J connectivity index is 1.16. The van der Waals surface area contributed by atoms with Crippen molar-refractivity contribution in [3.05, 3.63) is 146 Å². The van der Waals surface area contributed by atoms with Gasteiger partial charge in [0.1, 0.15) is 11.2 Å². The predicted octanol–water partition coefficient (Wildman–Crippen LogP) is 10.1. The molecule has 0 aliphatic rings. The minimum Gasteiger partial charge on any atom is -0.455 e. The second-order valence-corrected chi connectivity index (χ2v) is 11.1. The molecule has 0 unspecified atom stereocenters. The minimum atomic E-state index is 0.644. The lowest BCUT2D eigenvalue weighted by Crippen LogP contribution is -2.00. The van der Waals surface area contributed by atoms with Crippen LogP contribution in [0.4, 0.5) is 0 Å². The molecule has 3 aromatic heterocycles. The van der Waals surface area contributed by atoms with Gasteiger partial charge in [0, 0.05) is 50.6 Å². The Bertz CT molecular complexity index is 2480. The van der Waals surface area contributed by atoms with Gasteiger partial charge < -0.3 is 4.42 Å². The summed E-state index contributed by atoms with van der Waals surface area (Å²) in [5, 5.41) is 6.61. The zero-order valence-electron chi connectivity index (χ0n) is 24.1. The van der Waals surface area contributed by atoms with E-state index >= 15 is 0 Å². The number of benzene rings is 6. The van der Waals surface area contributed by atoms with E-state index in [2.05, 4.69) is 65.6 Å². The maximum atomic E-state index is 6.42. The highest BCUT2D eigenvalue weighted by atomic mass is 16.3. The lowest BCUT2D eigenvalue weighted by Gasteiger charge is -2.10. The second-order valence-electron chi connectivity index (χ2n) is 11.1. The Labute approximate surface area is 258 Å². The maximum absolute atomic E-state index is 6.42. The Kier molecular flexibility index (Phi) is 5.74. The number of hydrogen-bond acceptors (Lipinski definition) is 5. The molecule has 0 bridgehead atoms. The summed E-state index contributed by atoms with van der Waals surface area (Å²) < 4.78 is 6.42. The molecule has 0 saturated carbocycles. The van der Waals surface area contributed by atoms with Crippen LogP contribution in [0.2, 0.25) is 0 Å². The van der Waals surface area contributed by atoms with E-state index in [-0.39, 0.29) is 0 Å². The lowest BCUT2D eigenvalue weighted by molar-refractivity contribution is 0.672. The molecular formula is C40H24N4O. The van der Waals surface area contributed by atoms with Gasteiger partial charge in [-0.2, -0.15) is 0 Å². The van der Waals surface area contributed by atoms with E-state index < -0.39 is 0 Å². The molecule has 5 nitrogen and oxygen atoms in total. The van der Waals surface area contributed by atoms with Crippen molar-refractivity contribution in [2.75, 3.05) is 0 Å². The molecule has 0 aliphatic carbocycles. The molecule has 9 rings (SSSR count). The normalized spacial score (nSPS) is 11.6. The maximum Gasteiger partial charge on any atom is 0.164 e. The Morgan fingerprint density at radius 3 is 1.78 bits per heavy atom. The van der Waals surface area contributed by atoms with Crippen molar-refractivity contribution in [1.29, 1.82) is 0 Å². The zero-order valence-corrected chi connectivity index (χ0v) is 24.1. The fraction of sp³-hybridized carbons (Fsp3) is 0. The quantitative estimate of drug-likeness (QED) is 0.209. The van der Waals surface area contributed by atoms with Gasteiger partial charge in [0.2, 0.25) is 0 Å². The average molecular weight is 577 g/mol. The third-order valence-electron chi connectivity index (χ3n) is 8.39. The molecule has 0 amide bonds. The summed E-state index contributed by atoms with van der Waals surface area (Å²) >= 11 is 0. The van der Waals surface area contributed by atoms with E-state index in [0.29, 0.717) is 17.5 Å². The van der Waals surface area contributed by atoms with Crippen LogP contribution < -0.4 is 0 Å². The summed E-state index contributed by atoms with van der Waals surface area (Å²) in [7, 11) is 0. The molecule has 0 fully saturated rings. The predicted molar refractivity (Wildman–Crippen MR) is 182 cm³/mol. The van der Waals surface area contributed by atoms with Crippen LogP contribution in [0.25, 0.3) is 88.8 Å². The molecule has 9 aromatic rings. The Morgan fingerprint density at radius 1 is 0.444 bits per heavy atom. The molecule has 3 heterocycles. The van der Waals surface area contributed by atoms with Crippen molar-refractivity contribution in [2.24, 2.45) is 0 Å². The third-order valence-corrected chi connectivity index (χ3v) is 8.39. The topological polar surface area (TPSA) is 64.7 Å².